The van der Waals surface area contributed by atoms with Crippen molar-refractivity contribution in [3.05, 3.63) is 77.1 Å². The molecule has 0 spiro atoms. The highest BCUT2D eigenvalue weighted by atomic mass is 19.4. The number of piperazine rings is 1. The van der Waals surface area contributed by atoms with Crippen molar-refractivity contribution in [2.45, 2.75) is 20.0 Å². The van der Waals surface area contributed by atoms with E-state index < -0.39 is 11.9 Å². The average Bonchev–Trinajstić information content (AvgIpc) is 3.33. The van der Waals surface area contributed by atoms with Crippen molar-refractivity contribution < 1.29 is 22.8 Å². The zero-order chi connectivity index (χ0) is 25.2. The van der Waals surface area contributed by atoms with E-state index in [1.807, 2.05) is 36.9 Å². The first-order valence-electron chi connectivity index (χ1n) is 11.2. The highest BCUT2D eigenvalue weighted by Gasteiger charge is 2.33. The number of halogens is 3. The molecule has 2 aromatic carbocycles. The maximum Gasteiger partial charge on any atom is 0.435 e. The Bertz CT molecular complexity index is 1210. The molecule has 0 aliphatic carbocycles. The average molecular weight is 486 g/mol. The molecule has 3 aromatic rings. The molecule has 0 unspecified atom stereocenters. The summed E-state index contributed by atoms with van der Waals surface area (Å²) in [6.45, 7) is 6.30. The molecule has 0 atom stereocenters. The number of carbonyl (C=O) groups is 2. The van der Waals surface area contributed by atoms with Gasteiger partial charge in [0.25, 0.3) is 5.91 Å². The fourth-order valence-corrected chi connectivity index (χ4v) is 3.95. The largest absolute Gasteiger partial charge is 0.435 e. The molecule has 184 valence electrons. The number of carbonyl (C=O) groups excluding carboxylic acids is 2. The first kappa shape index (κ1) is 24.5. The van der Waals surface area contributed by atoms with Crippen LogP contribution < -0.4 is 5.32 Å². The second-order valence-corrected chi connectivity index (χ2v) is 8.55. The topological polar surface area (TPSA) is 70.5 Å². The summed E-state index contributed by atoms with van der Waals surface area (Å²) < 4.78 is 39.4. The molecule has 4 rings (SSSR count). The number of anilines is 1. The SMILES string of the molecule is Cc1cccc(NC(=O)CN2CCN(C(=O)c3ccc(-n4ccc(C(F)(F)F)n4)cc3)CC2)c1C. The quantitative estimate of drug-likeness (QED) is 0.595. The normalized spacial score (nSPS) is 14.7. The number of rotatable bonds is 5. The monoisotopic (exact) mass is 485 g/mol. The second kappa shape index (κ2) is 9.91. The van der Waals surface area contributed by atoms with Gasteiger partial charge in [-0.1, -0.05) is 12.1 Å². The molecule has 1 aromatic heterocycles. The lowest BCUT2D eigenvalue weighted by Gasteiger charge is -2.34. The van der Waals surface area contributed by atoms with Gasteiger partial charge >= 0.3 is 6.18 Å². The molecule has 0 radical (unpaired) electrons. The molecule has 1 aliphatic heterocycles. The zero-order valence-electron chi connectivity index (χ0n) is 19.5. The number of nitrogens with one attached hydrogen (secondary N) is 1. The van der Waals surface area contributed by atoms with E-state index in [2.05, 4.69) is 10.4 Å². The van der Waals surface area contributed by atoms with Gasteiger partial charge in [-0.2, -0.15) is 18.3 Å². The maximum absolute atomic E-state index is 12.9. The van der Waals surface area contributed by atoms with Crippen LogP contribution in [-0.2, 0) is 11.0 Å². The van der Waals surface area contributed by atoms with Crippen LogP contribution in [0.2, 0.25) is 0 Å². The Hall–Kier alpha value is -3.66. The van der Waals surface area contributed by atoms with E-state index in [4.69, 9.17) is 0 Å². The van der Waals surface area contributed by atoms with Crippen LogP contribution in [0.4, 0.5) is 18.9 Å². The molecule has 7 nitrogen and oxygen atoms in total. The van der Waals surface area contributed by atoms with Crippen LogP contribution in [0, 0.1) is 13.8 Å². The Morgan fingerprint density at radius 3 is 2.29 bits per heavy atom. The van der Waals surface area contributed by atoms with Gasteiger partial charge in [-0.3, -0.25) is 14.5 Å². The lowest BCUT2D eigenvalue weighted by molar-refractivity contribution is -0.141. The Morgan fingerprint density at radius 2 is 1.66 bits per heavy atom. The molecule has 1 aliphatic rings. The number of aryl methyl sites for hydroxylation is 1. The van der Waals surface area contributed by atoms with Gasteiger partial charge in [0.1, 0.15) is 0 Å². The molecule has 0 bridgehead atoms. The van der Waals surface area contributed by atoms with E-state index in [0.29, 0.717) is 37.4 Å². The molecule has 35 heavy (non-hydrogen) atoms. The Kier molecular flexibility index (Phi) is 6.93. The summed E-state index contributed by atoms with van der Waals surface area (Å²) in [6.07, 6.45) is -3.28. The van der Waals surface area contributed by atoms with E-state index >= 15 is 0 Å². The number of alkyl halides is 3. The first-order chi connectivity index (χ1) is 16.6. The van der Waals surface area contributed by atoms with Crippen LogP contribution in [0.5, 0.6) is 0 Å². The van der Waals surface area contributed by atoms with Crippen molar-refractivity contribution in [1.82, 2.24) is 19.6 Å². The van der Waals surface area contributed by atoms with E-state index in [9.17, 15) is 22.8 Å². The van der Waals surface area contributed by atoms with Crippen LogP contribution in [0.3, 0.4) is 0 Å². The van der Waals surface area contributed by atoms with Crippen molar-refractivity contribution in [3.8, 4) is 5.69 Å². The van der Waals surface area contributed by atoms with Gasteiger partial charge in [0.2, 0.25) is 5.91 Å². The zero-order valence-corrected chi connectivity index (χ0v) is 19.5. The summed E-state index contributed by atoms with van der Waals surface area (Å²) >= 11 is 0. The summed E-state index contributed by atoms with van der Waals surface area (Å²) in [6, 6.07) is 13.0. The van der Waals surface area contributed by atoms with Crippen molar-refractivity contribution >= 4 is 17.5 Å². The van der Waals surface area contributed by atoms with Gasteiger partial charge in [-0.15, -0.1) is 0 Å². The highest BCUT2D eigenvalue weighted by molar-refractivity contribution is 5.95. The first-order valence-corrected chi connectivity index (χ1v) is 11.2. The minimum absolute atomic E-state index is 0.0960. The third kappa shape index (κ3) is 5.71. The van der Waals surface area contributed by atoms with Gasteiger partial charge in [0, 0.05) is 43.6 Å². The lowest BCUT2D eigenvalue weighted by Crippen LogP contribution is -2.50. The number of hydrogen-bond donors (Lipinski definition) is 1. The lowest BCUT2D eigenvalue weighted by atomic mass is 10.1. The molecule has 2 amide bonds. The smallest absolute Gasteiger partial charge is 0.336 e. The summed E-state index contributed by atoms with van der Waals surface area (Å²) in [5, 5.41) is 6.50. The summed E-state index contributed by atoms with van der Waals surface area (Å²) in [5.74, 6) is -0.256. The Balaban J connectivity index is 1.30. The van der Waals surface area contributed by atoms with Gasteiger partial charge in [-0.05, 0) is 61.4 Å². The van der Waals surface area contributed by atoms with Crippen LogP contribution in [0.1, 0.15) is 27.2 Å². The number of amides is 2. The molecule has 1 fully saturated rings. The van der Waals surface area contributed by atoms with Crippen LogP contribution in [0.15, 0.2) is 54.7 Å². The van der Waals surface area contributed by atoms with E-state index in [1.165, 1.54) is 6.20 Å². The maximum atomic E-state index is 12.9. The van der Waals surface area contributed by atoms with Gasteiger partial charge in [-0.25, -0.2) is 4.68 Å². The van der Waals surface area contributed by atoms with E-state index in [-0.39, 0.29) is 18.4 Å². The molecule has 1 N–H and O–H groups in total. The molecule has 1 saturated heterocycles. The van der Waals surface area contributed by atoms with Crippen LogP contribution in [-0.4, -0.2) is 64.1 Å². The minimum Gasteiger partial charge on any atom is -0.336 e. The predicted octanol–water partition coefficient (Wildman–Crippen LogP) is 3.90. The number of hydrogen-bond acceptors (Lipinski definition) is 4. The molecular weight excluding hydrogens is 459 g/mol. The number of nitrogens with zero attached hydrogens (tertiary/aromatic N) is 4. The summed E-state index contributed by atoms with van der Waals surface area (Å²) in [5.41, 5.74) is 2.85. The number of benzene rings is 2. The minimum atomic E-state index is -4.51. The predicted molar refractivity (Wildman–Crippen MR) is 125 cm³/mol. The second-order valence-electron chi connectivity index (χ2n) is 8.55. The number of aromatic nitrogens is 2. The van der Waals surface area contributed by atoms with Gasteiger partial charge in [0.15, 0.2) is 5.69 Å². The van der Waals surface area contributed by atoms with Crippen molar-refractivity contribution in [2.75, 3.05) is 38.0 Å². The summed E-state index contributed by atoms with van der Waals surface area (Å²) in [4.78, 5) is 29.1. The van der Waals surface area contributed by atoms with Crippen molar-refractivity contribution in [2.24, 2.45) is 0 Å². The Morgan fingerprint density at radius 1 is 0.971 bits per heavy atom. The standard InChI is InChI=1S/C25H26F3N5O2/c1-17-4-3-5-21(18(17)2)29-23(34)16-31-12-14-32(15-13-31)24(35)19-6-8-20(9-7-19)33-11-10-22(30-33)25(26,27)28/h3-11H,12-16H2,1-2H3,(H,29,34). The molecule has 0 saturated carbocycles. The highest BCUT2D eigenvalue weighted by Crippen LogP contribution is 2.28. The third-order valence-electron chi connectivity index (χ3n) is 6.16. The fraction of sp³-hybridized carbons (Fsp3) is 0.320. The van der Waals surface area contributed by atoms with Crippen LogP contribution in [0.25, 0.3) is 5.69 Å². The van der Waals surface area contributed by atoms with Crippen LogP contribution >= 0.6 is 0 Å². The third-order valence-corrected chi connectivity index (χ3v) is 6.16. The summed E-state index contributed by atoms with van der Waals surface area (Å²) in [7, 11) is 0. The van der Waals surface area contributed by atoms with Crippen molar-refractivity contribution in [3.63, 3.8) is 0 Å². The molecule has 10 heteroatoms. The van der Waals surface area contributed by atoms with Gasteiger partial charge in [0.05, 0.1) is 12.2 Å². The van der Waals surface area contributed by atoms with Gasteiger partial charge < -0.3 is 10.2 Å². The fourth-order valence-electron chi connectivity index (χ4n) is 3.95. The molecular formula is C25H26F3N5O2. The Labute approximate surface area is 201 Å². The van der Waals surface area contributed by atoms with E-state index in [0.717, 1.165) is 27.6 Å². The van der Waals surface area contributed by atoms with E-state index in [1.54, 1.807) is 29.2 Å². The molecule has 2 heterocycles. The van der Waals surface area contributed by atoms with Crippen molar-refractivity contribution in [1.29, 1.82) is 0 Å².